The Morgan fingerprint density at radius 3 is 2.51 bits per heavy atom. The molecule has 0 saturated heterocycles. The van der Waals surface area contributed by atoms with E-state index in [0.717, 1.165) is 37.6 Å². The van der Waals surface area contributed by atoms with Crippen LogP contribution in [0.1, 0.15) is 42.7 Å². The van der Waals surface area contributed by atoms with E-state index >= 15 is 0 Å². The SMILES string of the molecule is CN1C(C2CCCCC2)CN(c2ccccc2)c2cc(Cl)c(-c3ncc(C(=O)O)o3)cc2S1(O)O. The minimum Gasteiger partial charge on any atom is -0.475 e. The number of nitrogens with zero attached hydrogens (tertiary/aromatic N) is 3. The van der Waals surface area contributed by atoms with E-state index in [-0.39, 0.29) is 22.7 Å². The molecule has 0 amide bonds. The third-order valence-corrected chi connectivity index (χ3v) is 9.39. The summed E-state index contributed by atoms with van der Waals surface area (Å²) in [5.41, 5.74) is 1.82. The van der Waals surface area contributed by atoms with Crippen molar-refractivity contribution in [2.75, 3.05) is 18.5 Å². The number of aromatic nitrogens is 1. The first-order chi connectivity index (χ1) is 16.8. The second-order valence-corrected chi connectivity index (χ2v) is 11.6. The molecular weight excluding hydrogens is 490 g/mol. The van der Waals surface area contributed by atoms with Crippen LogP contribution in [-0.4, -0.2) is 49.1 Å². The van der Waals surface area contributed by atoms with Crippen LogP contribution in [0.3, 0.4) is 0 Å². The first kappa shape index (κ1) is 24.1. The zero-order valence-corrected chi connectivity index (χ0v) is 20.9. The number of rotatable bonds is 4. The Labute approximate surface area is 210 Å². The fourth-order valence-corrected chi connectivity index (χ4v) is 7.09. The third-order valence-electron chi connectivity index (χ3n) is 7.08. The van der Waals surface area contributed by atoms with Crippen molar-refractivity contribution >= 4 is 39.7 Å². The molecule has 2 aliphatic rings. The number of para-hydroxylation sites is 1. The zero-order valence-electron chi connectivity index (χ0n) is 19.3. The van der Waals surface area contributed by atoms with Crippen molar-refractivity contribution in [3.05, 3.63) is 59.4 Å². The van der Waals surface area contributed by atoms with Gasteiger partial charge in [0.2, 0.25) is 11.7 Å². The van der Waals surface area contributed by atoms with Gasteiger partial charge in [0.15, 0.2) is 0 Å². The highest BCUT2D eigenvalue weighted by Crippen LogP contribution is 2.60. The quantitative estimate of drug-likeness (QED) is 0.348. The molecule has 2 aromatic carbocycles. The Kier molecular flexibility index (Phi) is 6.54. The van der Waals surface area contributed by atoms with Gasteiger partial charge >= 0.3 is 5.97 Å². The number of benzene rings is 2. The molecule has 1 aliphatic heterocycles. The molecule has 186 valence electrons. The van der Waals surface area contributed by atoms with E-state index in [0.29, 0.717) is 28.6 Å². The van der Waals surface area contributed by atoms with Gasteiger partial charge in [0.25, 0.3) is 0 Å². The van der Waals surface area contributed by atoms with Crippen LogP contribution in [0, 0.1) is 5.92 Å². The van der Waals surface area contributed by atoms with Gasteiger partial charge in [-0.25, -0.2) is 9.78 Å². The van der Waals surface area contributed by atoms with Crippen molar-refractivity contribution in [3.63, 3.8) is 0 Å². The van der Waals surface area contributed by atoms with Crippen molar-refractivity contribution in [1.29, 1.82) is 0 Å². The van der Waals surface area contributed by atoms with Crippen LogP contribution < -0.4 is 4.90 Å². The summed E-state index contributed by atoms with van der Waals surface area (Å²) in [6.45, 7) is 0.575. The number of aromatic carboxylic acids is 1. The largest absolute Gasteiger partial charge is 0.475 e. The molecule has 1 saturated carbocycles. The Bertz CT molecular complexity index is 1230. The Morgan fingerprint density at radius 1 is 1.14 bits per heavy atom. The number of fused-ring (bicyclic) bond motifs is 1. The van der Waals surface area contributed by atoms with Crippen molar-refractivity contribution < 1.29 is 23.4 Å². The second kappa shape index (κ2) is 9.48. The van der Waals surface area contributed by atoms with Crippen molar-refractivity contribution in [1.82, 2.24) is 9.29 Å². The molecule has 8 nitrogen and oxygen atoms in total. The predicted octanol–water partition coefficient (Wildman–Crippen LogP) is 6.75. The summed E-state index contributed by atoms with van der Waals surface area (Å²) in [5.74, 6) is -1.23. The molecule has 0 radical (unpaired) electrons. The van der Waals surface area contributed by atoms with Gasteiger partial charge in [-0.3, -0.25) is 9.11 Å². The number of oxazole rings is 1. The Balaban J connectivity index is 1.67. The van der Waals surface area contributed by atoms with Gasteiger partial charge in [-0.2, -0.15) is 4.31 Å². The van der Waals surface area contributed by atoms with Crippen LogP contribution >= 0.6 is 22.4 Å². The van der Waals surface area contributed by atoms with Crippen LogP contribution in [0.25, 0.3) is 11.5 Å². The van der Waals surface area contributed by atoms with Crippen molar-refractivity contribution in [2.24, 2.45) is 5.92 Å². The first-order valence-corrected chi connectivity index (χ1v) is 13.5. The van der Waals surface area contributed by atoms with Gasteiger partial charge < -0.3 is 14.4 Å². The minimum absolute atomic E-state index is 0.00684. The number of likely N-dealkylation sites (N-methyl/N-ethyl adjacent to an activating group) is 1. The number of carbonyl (C=O) groups is 1. The molecule has 3 N–H and O–H groups in total. The summed E-state index contributed by atoms with van der Waals surface area (Å²) >= 11 is 6.66. The van der Waals surface area contributed by atoms with E-state index < -0.39 is 16.7 Å². The molecule has 0 bridgehead atoms. The van der Waals surface area contributed by atoms with E-state index in [1.807, 2.05) is 30.3 Å². The lowest BCUT2D eigenvalue weighted by Gasteiger charge is -2.46. The lowest BCUT2D eigenvalue weighted by Crippen LogP contribution is -2.45. The van der Waals surface area contributed by atoms with Crippen LogP contribution in [0.2, 0.25) is 5.02 Å². The number of halogens is 1. The topological polar surface area (TPSA) is 110 Å². The highest BCUT2D eigenvalue weighted by atomic mass is 35.5. The van der Waals surface area contributed by atoms with Crippen molar-refractivity contribution in [2.45, 2.75) is 43.0 Å². The molecule has 35 heavy (non-hydrogen) atoms. The van der Waals surface area contributed by atoms with E-state index in [1.165, 1.54) is 6.42 Å². The van der Waals surface area contributed by atoms with Gasteiger partial charge in [-0.1, -0.05) is 49.1 Å². The molecule has 1 aliphatic carbocycles. The maximum Gasteiger partial charge on any atom is 0.373 e. The number of anilines is 2. The first-order valence-electron chi connectivity index (χ1n) is 11.6. The second-order valence-electron chi connectivity index (χ2n) is 9.11. The fraction of sp³-hybridized carbons (Fsp3) is 0.360. The predicted molar refractivity (Wildman–Crippen MR) is 137 cm³/mol. The summed E-state index contributed by atoms with van der Waals surface area (Å²) in [6.07, 6.45) is 6.68. The lowest BCUT2D eigenvalue weighted by atomic mass is 9.83. The molecule has 2 heterocycles. The van der Waals surface area contributed by atoms with Crippen LogP contribution in [0.4, 0.5) is 11.4 Å². The van der Waals surface area contributed by atoms with Crippen LogP contribution in [0.5, 0.6) is 0 Å². The van der Waals surface area contributed by atoms with E-state index in [4.69, 9.17) is 16.0 Å². The van der Waals surface area contributed by atoms with Gasteiger partial charge in [-0.05, 0) is 43.0 Å². The zero-order chi connectivity index (χ0) is 24.7. The van der Waals surface area contributed by atoms with Crippen molar-refractivity contribution in [3.8, 4) is 11.5 Å². The van der Waals surface area contributed by atoms with E-state index in [2.05, 4.69) is 9.88 Å². The maximum absolute atomic E-state index is 11.6. The molecule has 0 spiro atoms. The van der Waals surface area contributed by atoms with Gasteiger partial charge in [0.05, 0.1) is 27.4 Å². The van der Waals surface area contributed by atoms with Crippen LogP contribution in [-0.2, 0) is 0 Å². The molecular formula is C25H28ClN3O5S. The highest BCUT2D eigenvalue weighted by molar-refractivity contribution is 8.22. The molecule has 1 unspecified atom stereocenters. The Hall–Kier alpha value is -2.56. The molecule has 5 rings (SSSR count). The lowest BCUT2D eigenvalue weighted by molar-refractivity contribution is 0.0663. The number of carboxylic acid groups (broad SMARTS) is 1. The molecule has 3 aromatic rings. The molecule has 1 atom stereocenters. The number of hydrogen-bond donors (Lipinski definition) is 3. The molecule has 1 fully saturated rings. The summed E-state index contributed by atoms with van der Waals surface area (Å²) in [6, 6.07) is 13.0. The van der Waals surface area contributed by atoms with Gasteiger partial charge in [-0.15, -0.1) is 10.8 Å². The fourth-order valence-electron chi connectivity index (χ4n) is 5.20. The Morgan fingerprint density at radius 2 is 1.86 bits per heavy atom. The van der Waals surface area contributed by atoms with Gasteiger partial charge in [0.1, 0.15) is 0 Å². The van der Waals surface area contributed by atoms with E-state index in [1.54, 1.807) is 23.5 Å². The van der Waals surface area contributed by atoms with Gasteiger partial charge in [0, 0.05) is 25.3 Å². The normalized spacial score (nSPS) is 21.8. The van der Waals surface area contributed by atoms with E-state index in [9.17, 15) is 19.0 Å². The number of carboxylic acids is 1. The molecule has 1 aromatic heterocycles. The summed E-state index contributed by atoms with van der Waals surface area (Å²) in [5, 5.41) is 9.49. The smallest absolute Gasteiger partial charge is 0.373 e. The van der Waals surface area contributed by atoms with Crippen LogP contribution in [0.15, 0.2) is 58.0 Å². The standard InChI is InChI=1S/C25H28ClN3O5S/c1-28-21(16-8-4-2-5-9-16)15-29(17-10-6-3-7-11-17)20-13-19(26)18(12-23(20)35(28,32)33)24-27-14-22(34-24)25(30)31/h3,6-7,10-14,16,21,32-33H,2,4-5,8-9,15H2,1H3,(H,30,31). The summed E-state index contributed by atoms with van der Waals surface area (Å²) in [7, 11) is -1.63. The average Bonchev–Trinajstić information content (AvgIpc) is 3.33. The number of hydrogen-bond acceptors (Lipinski definition) is 7. The minimum atomic E-state index is -3.41. The highest BCUT2D eigenvalue weighted by Gasteiger charge is 2.41. The average molecular weight is 518 g/mol. The summed E-state index contributed by atoms with van der Waals surface area (Å²) in [4.78, 5) is 17.7. The monoisotopic (exact) mass is 517 g/mol. The third kappa shape index (κ3) is 4.43. The maximum atomic E-state index is 11.6. The molecule has 10 heteroatoms. The summed E-state index contributed by atoms with van der Waals surface area (Å²) < 4.78 is 30.4.